The van der Waals surface area contributed by atoms with Gasteiger partial charge < -0.3 is 15.2 Å². The number of hydrogen-bond acceptors (Lipinski definition) is 4. The van der Waals surface area contributed by atoms with E-state index in [2.05, 4.69) is 37.9 Å². The Morgan fingerprint density at radius 1 is 1.14 bits per heavy atom. The molecule has 1 amide bonds. The molecule has 0 saturated heterocycles. The van der Waals surface area contributed by atoms with Crippen molar-refractivity contribution in [2.75, 3.05) is 19.7 Å². The summed E-state index contributed by atoms with van der Waals surface area (Å²) in [5.74, 6) is 2.25. The number of rotatable bonds is 17. The molecule has 3 rings (SSSR count). The molecular weight excluding hydrogens is 527 g/mol. The van der Waals surface area contributed by atoms with Gasteiger partial charge in [0.1, 0.15) is 0 Å². The summed E-state index contributed by atoms with van der Waals surface area (Å²) < 4.78 is 18.1. The SMILES string of the molecule is C=C1CC[C@H](OCCCNC(=O)CCCCCNF)C/C1=C/C=C1\CCC[C@@]2(C)C1CCC2[C@H](C)CCCC(C)(C)O. The van der Waals surface area contributed by atoms with Crippen LogP contribution in [0.15, 0.2) is 35.5 Å². The molecule has 240 valence electrons. The van der Waals surface area contributed by atoms with Gasteiger partial charge in [-0.25, -0.2) is 0 Å². The third-order valence-electron chi connectivity index (χ3n) is 10.5. The molecule has 0 aromatic heterocycles. The number of unbranched alkanes of at least 4 members (excludes halogenated alkanes) is 2. The first-order valence-corrected chi connectivity index (χ1v) is 17.1. The van der Waals surface area contributed by atoms with Crippen molar-refractivity contribution in [2.24, 2.45) is 23.2 Å². The molecule has 42 heavy (non-hydrogen) atoms. The minimum absolute atomic E-state index is 0.0722. The monoisotopic (exact) mass is 588 g/mol. The van der Waals surface area contributed by atoms with Crippen molar-refractivity contribution in [3.05, 3.63) is 35.5 Å². The number of fused-ring (bicyclic) bond motifs is 1. The van der Waals surface area contributed by atoms with E-state index in [0.717, 1.165) is 63.7 Å². The lowest BCUT2D eigenvalue weighted by Crippen LogP contribution is -2.36. The lowest BCUT2D eigenvalue weighted by atomic mass is 9.60. The molecule has 0 aromatic carbocycles. The number of ether oxygens (including phenoxy) is 1. The number of carbonyl (C=O) groups is 1. The largest absolute Gasteiger partial charge is 0.390 e. The number of aliphatic hydroxyl groups is 1. The molecule has 3 fully saturated rings. The normalized spacial score (nSPS) is 29.2. The average molecular weight is 589 g/mol. The Balaban J connectivity index is 1.45. The summed E-state index contributed by atoms with van der Waals surface area (Å²) in [5.41, 5.74) is 5.73. The van der Waals surface area contributed by atoms with Gasteiger partial charge in [0.2, 0.25) is 5.91 Å². The van der Waals surface area contributed by atoms with E-state index < -0.39 is 5.60 Å². The van der Waals surface area contributed by atoms with Gasteiger partial charge >= 0.3 is 0 Å². The van der Waals surface area contributed by atoms with Gasteiger partial charge in [-0.3, -0.25) is 4.79 Å². The Hall–Kier alpha value is -1.50. The highest BCUT2D eigenvalue weighted by Gasteiger charge is 2.50. The van der Waals surface area contributed by atoms with Crippen molar-refractivity contribution in [1.82, 2.24) is 10.9 Å². The topological polar surface area (TPSA) is 70.6 Å². The van der Waals surface area contributed by atoms with Crippen LogP contribution in [0, 0.1) is 23.2 Å². The molecule has 2 unspecified atom stereocenters. The number of allylic oxidation sites excluding steroid dienone is 4. The lowest BCUT2D eigenvalue weighted by molar-refractivity contribution is -0.121. The molecule has 0 radical (unpaired) electrons. The third kappa shape index (κ3) is 10.9. The van der Waals surface area contributed by atoms with E-state index in [-0.39, 0.29) is 12.0 Å². The van der Waals surface area contributed by atoms with Crippen LogP contribution in [0.4, 0.5) is 4.48 Å². The summed E-state index contributed by atoms with van der Waals surface area (Å²) in [6.45, 7) is 14.9. The second-order valence-electron chi connectivity index (χ2n) is 14.4. The standard InChI is InChI=1S/C36H61FN2O3/c1-27-15-18-31(42-25-11-23-38-34(40)14-7-6-8-24-39-37)26-30(27)17-16-29-13-10-22-36(5)32(19-20-33(29)36)28(2)12-9-21-35(3,4)41/h16-17,28,31-33,39,41H,1,6-15,18-26H2,2-5H3,(H,38,40)/b29-16+,30-17-/t28-,31+,32?,33?,36-/m1/s1. The zero-order valence-corrected chi connectivity index (χ0v) is 27.2. The number of carbonyl (C=O) groups excluding carboxylic acids is 1. The molecule has 3 saturated carbocycles. The maximum Gasteiger partial charge on any atom is 0.219 e. The number of amides is 1. The van der Waals surface area contributed by atoms with Crippen molar-refractivity contribution in [3.63, 3.8) is 0 Å². The van der Waals surface area contributed by atoms with Crippen molar-refractivity contribution in [3.8, 4) is 0 Å². The summed E-state index contributed by atoms with van der Waals surface area (Å²) in [5, 5.41) is 13.1. The van der Waals surface area contributed by atoms with Gasteiger partial charge in [0.05, 0.1) is 11.7 Å². The first kappa shape index (κ1) is 35.0. The van der Waals surface area contributed by atoms with E-state index in [1.54, 1.807) is 11.1 Å². The maximum atomic E-state index is 12.0. The van der Waals surface area contributed by atoms with Gasteiger partial charge in [0.15, 0.2) is 0 Å². The second kappa shape index (κ2) is 17.1. The van der Waals surface area contributed by atoms with Crippen LogP contribution < -0.4 is 10.9 Å². The number of hydrogen-bond donors (Lipinski definition) is 3. The van der Waals surface area contributed by atoms with Crippen molar-refractivity contribution in [2.45, 2.75) is 142 Å². The molecule has 5 atom stereocenters. The molecule has 3 aliphatic carbocycles. The van der Waals surface area contributed by atoms with Crippen molar-refractivity contribution < 1.29 is 19.1 Å². The molecule has 0 spiro atoms. The molecule has 5 nitrogen and oxygen atoms in total. The quantitative estimate of drug-likeness (QED) is 0.118. The number of nitrogens with one attached hydrogen (secondary N) is 2. The van der Waals surface area contributed by atoms with Crippen molar-refractivity contribution >= 4 is 5.91 Å². The van der Waals surface area contributed by atoms with E-state index in [4.69, 9.17) is 4.74 Å². The molecule has 3 N–H and O–H groups in total. The molecule has 0 bridgehead atoms. The van der Waals surface area contributed by atoms with E-state index in [9.17, 15) is 14.4 Å². The van der Waals surface area contributed by atoms with E-state index in [1.165, 1.54) is 49.7 Å². The highest BCUT2D eigenvalue weighted by atomic mass is 19.2. The summed E-state index contributed by atoms with van der Waals surface area (Å²) >= 11 is 0. The van der Waals surface area contributed by atoms with Crippen LogP contribution in [0.25, 0.3) is 0 Å². The first-order chi connectivity index (χ1) is 20.0. The van der Waals surface area contributed by atoms with Crippen LogP contribution in [-0.2, 0) is 9.53 Å². The highest BCUT2D eigenvalue weighted by molar-refractivity contribution is 5.75. The predicted molar refractivity (Wildman–Crippen MR) is 172 cm³/mol. The lowest BCUT2D eigenvalue weighted by Gasteiger charge is -2.44. The second-order valence-corrected chi connectivity index (χ2v) is 14.4. The van der Waals surface area contributed by atoms with Crippen LogP contribution in [0.1, 0.15) is 130 Å². The van der Waals surface area contributed by atoms with Gasteiger partial charge in [-0.2, -0.15) is 5.54 Å². The molecule has 0 aromatic rings. The number of halogens is 1. The fourth-order valence-electron chi connectivity index (χ4n) is 8.09. The summed E-state index contributed by atoms with van der Waals surface area (Å²) in [7, 11) is 0. The van der Waals surface area contributed by atoms with Gasteiger partial charge in [-0.15, -0.1) is 4.48 Å². The van der Waals surface area contributed by atoms with Crippen LogP contribution in [0.2, 0.25) is 0 Å². The summed E-state index contributed by atoms with van der Waals surface area (Å²) in [6.07, 6.45) is 21.4. The minimum Gasteiger partial charge on any atom is -0.390 e. The zero-order chi connectivity index (χ0) is 30.6. The van der Waals surface area contributed by atoms with Crippen LogP contribution in [0.5, 0.6) is 0 Å². The summed E-state index contributed by atoms with van der Waals surface area (Å²) in [6, 6.07) is 0. The highest BCUT2D eigenvalue weighted by Crippen LogP contribution is 2.60. The average Bonchev–Trinajstić information content (AvgIpc) is 3.29. The smallest absolute Gasteiger partial charge is 0.219 e. The fraction of sp³-hybridized carbons (Fsp3) is 0.806. The maximum absolute atomic E-state index is 12.0. The Kier molecular flexibility index (Phi) is 14.3. The van der Waals surface area contributed by atoms with Gasteiger partial charge in [0.25, 0.3) is 0 Å². The fourth-order valence-corrected chi connectivity index (χ4v) is 8.09. The predicted octanol–water partition coefficient (Wildman–Crippen LogP) is 8.30. The van der Waals surface area contributed by atoms with Crippen LogP contribution in [-0.4, -0.2) is 42.4 Å². The first-order valence-electron chi connectivity index (χ1n) is 17.1. The van der Waals surface area contributed by atoms with E-state index in [0.29, 0.717) is 43.4 Å². The molecular formula is C36H61FN2O3. The minimum atomic E-state index is -0.557. The molecule has 6 heteroatoms. The molecule has 0 heterocycles. The Morgan fingerprint density at radius 3 is 2.71 bits per heavy atom. The molecule has 0 aliphatic heterocycles. The van der Waals surface area contributed by atoms with Crippen molar-refractivity contribution in [1.29, 1.82) is 0 Å². The Bertz CT molecular complexity index is 923. The third-order valence-corrected chi connectivity index (χ3v) is 10.5. The van der Waals surface area contributed by atoms with Crippen LogP contribution >= 0.6 is 0 Å². The van der Waals surface area contributed by atoms with Gasteiger partial charge in [-0.05, 0) is 120 Å². The zero-order valence-electron chi connectivity index (χ0n) is 27.2. The summed E-state index contributed by atoms with van der Waals surface area (Å²) in [4.78, 5) is 12.0. The van der Waals surface area contributed by atoms with E-state index in [1.807, 2.05) is 13.8 Å². The Labute approximate surface area is 256 Å². The van der Waals surface area contributed by atoms with Gasteiger partial charge in [0, 0.05) is 26.1 Å². The molecule has 3 aliphatic rings. The van der Waals surface area contributed by atoms with E-state index >= 15 is 0 Å². The van der Waals surface area contributed by atoms with Crippen LogP contribution in [0.3, 0.4) is 0 Å². The van der Waals surface area contributed by atoms with Gasteiger partial charge in [-0.1, -0.05) is 63.0 Å². The Morgan fingerprint density at radius 2 is 1.95 bits per heavy atom.